The van der Waals surface area contributed by atoms with Gasteiger partial charge in [-0.1, -0.05) is 0 Å². The van der Waals surface area contributed by atoms with Crippen LogP contribution in [-0.4, -0.2) is 108 Å². The van der Waals surface area contributed by atoms with Gasteiger partial charge in [-0.05, 0) is 117 Å². The minimum atomic E-state index is -1.11. The molecular weight excluding hydrogens is 1220 g/mol. The molecule has 0 spiro atoms. The number of aldehydes is 1. The van der Waals surface area contributed by atoms with Crippen molar-refractivity contribution in [2.45, 2.75) is 13.3 Å². The fourth-order valence-electron chi connectivity index (χ4n) is 4.60. The summed E-state index contributed by atoms with van der Waals surface area (Å²) in [4.78, 5) is 108. The average molecular weight is 1250 g/mol. The van der Waals surface area contributed by atoms with Crippen molar-refractivity contribution in [3.8, 4) is 0 Å². The molecule has 0 atom stereocenters. The highest BCUT2D eigenvalue weighted by Gasteiger charge is 2.13. The monoisotopic (exact) mass is 1240 g/mol. The molecule has 0 aromatic carbocycles. The van der Waals surface area contributed by atoms with E-state index in [0.29, 0.717) is 57.2 Å². The number of halogens is 5. The standard InChI is InChI=1S/2C8H4BrN3O2.C8H5BrN2O.C7H4BrN3O.C5H6BrN3.C4H6O3/c9-4-1-5-7(11-2-4)12-6(3-10-5)8(13)14;9-4-1-5-7(10-2-4)11-3-6(12-5)8(13)14;9-6-1-5-2-7(12)4-11-8(5)10-3-6;8-4-1-5-7(10-2-4)11-6(12)3-9-5;6-3-1-4(7)5(8)9-2-3;1-2-7-4(6)3-5/h2*1-3H,(H,13,14);1,3-4H,2H2;1-3H,(H,10,11,12);1-2H,7H2,(H2,8,9);3H,2H2,1H3. The first kappa shape index (κ1) is 53.6. The Morgan fingerprint density at radius 3 is 1.81 bits per heavy atom. The minimum Gasteiger partial charge on any atom is -0.476 e. The SMILES string of the molecule is CCOC(=O)C=O.Nc1cc(Br)cnc1N.O=C(O)c1cnc2cc(Br)cnc2n1.O=C(O)c1cnc2ncc(Br)cc2n1.O=C1C=Nc2ncc(Br)cc2C1.O=c1cnc2cc(Br)cnc2[nH]1. The molecule has 28 heteroatoms. The number of Topliss-reactive ketones (excluding diaryl/α,β-unsaturated/α-hetero) is 1. The van der Waals surface area contributed by atoms with Gasteiger partial charge < -0.3 is 31.4 Å². The summed E-state index contributed by atoms with van der Waals surface area (Å²) in [6, 6.07) is 8.76. The quantitative estimate of drug-likeness (QED) is 0.0715. The fraction of sp³-hybridized carbons (Fsp3) is 0.0750. The first-order valence-corrected chi connectivity index (χ1v) is 22.4. The van der Waals surface area contributed by atoms with E-state index in [2.05, 4.69) is 144 Å². The number of nitrogens with two attached hydrogens (primary N) is 2. The third-order valence-corrected chi connectivity index (χ3v) is 9.64. The number of ether oxygens (including phenoxy) is 1. The second-order valence-corrected chi connectivity index (χ2v) is 17.0. The van der Waals surface area contributed by atoms with Gasteiger partial charge in [-0.2, -0.15) is 0 Å². The molecule has 0 bridgehead atoms. The first-order valence-electron chi connectivity index (χ1n) is 18.4. The molecule has 9 heterocycles. The number of nitrogens with zero attached hydrogens (tertiary/aromatic N) is 11. The van der Waals surface area contributed by atoms with Gasteiger partial charge in [0.1, 0.15) is 22.4 Å². The van der Waals surface area contributed by atoms with E-state index < -0.39 is 17.9 Å². The zero-order valence-electron chi connectivity index (χ0n) is 34.3. The largest absolute Gasteiger partial charge is 0.476 e. The van der Waals surface area contributed by atoms with Gasteiger partial charge in [0.2, 0.25) is 6.29 Å². The number of aromatic nitrogens is 11. The van der Waals surface area contributed by atoms with Crippen LogP contribution in [0.1, 0.15) is 33.5 Å². The van der Waals surface area contributed by atoms with Gasteiger partial charge >= 0.3 is 17.9 Å². The molecular formula is C40H29Br5N14O9. The Morgan fingerprint density at radius 2 is 1.19 bits per heavy atom. The molecule has 23 nitrogen and oxygen atoms in total. The lowest BCUT2D eigenvalue weighted by molar-refractivity contribution is -0.148. The van der Waals surface area contributed by atoms with Crippen molar-refractivity contribution >= 4 is 167 Å². The molecule has 68 heavy (non-hydrogen) atoms. The summed E-state index contributed by atoms with van der Waals surface area (Å²) in [5, 5.41) is 17.3. The van der Waals surface area contributed by atoms with E-state index in [0.717, 1.165) is 27.9 Å². The van der Waals surface area contributed by atoms with Crippen molar-refractivity contribution in [2.75, 3.05) is 18.1 Å². The lowest BCUT2D eigenvalue weighted by Gasteiger charge is -2.06. The number of carbonyl (C=O) groups is 5. The summed E-state index contributed by atoms with van der Waals surface area (Å²) in [5.74, 6) is -1.95. The van der Waals surface area contributed by atoms with Gasteiger partial charge in [-0.15, -0.1) is 0 Å². The zero-order valence-corrected chi connectivity index (χ0v) is 42.2. The van der Waals surface area contributed by atoms with Crippen LogP contribution >= 0.6 is 79.6 Å². The summed E-state index contributed by atoms with van der Waals surface area (Å²) in [6.45, 7) is 1.90. The van der Waals surface area contributed by atoms with Gasteiger partial charge in [0, 0.05) is 65.3 Å². The van der Waals surface area contributed by atoms with Crippen LogP contribution in [0.3, 0.4) is 0 Å². The molecule has 348 valence electrons. The third-order valence-electron chi connectivity index (χ3n) is 7.47. The highest BCUT2D eigenvalue weighted by Crippen LogP contribution is 2.23. The maximum absolute atomic E-state index is 10.9. The second kappa shape index (κ2) is 26.4. The Labute approximate surface area is 423 Å². The number of pyridine rings is 5. The predicted octanol–water partition coefficient (Wildman–Crippen LogP) is 6.48. The van der Waals surface area contributed by atoms with Gasteiger partial charge in [0.15, 0.2) is 39.9 Å². The normalized spacial score (nSPS) is 10.7. The summed E-state index contributed by atoms with van der Waals surface area (Å²) < 4.78 is 8.27. The van der Waals surface area contributed by atoms with Crippen molar-refractivity contribution in [1.82, 2.24) is 54.8 Å². The number of carboxylic acid groups (broad SMARTS) is 2. The predicted molar refractivity (Wildman–Crippen MR) is 264 cm³/mol. The average Bonchev–Trinajstić information content (AvgIpc) is 3.31. The minimum absolute atomic E-state index is 0.0300. The highest BCUT2D eigenvalue weighted by molar-refractivity contribution is 9.11. The van der Waals surface area contributed by atoms with E-state index >= 15 is 0 Å². The number of hydrogen-bond donors (Lipinski definition) is 5. The van der Waals surface area contributed by atoms with Crippen LogP contribution in [0.25, 0.3) is 33.5 Å². The van der Waals surface area contributed by atoms with Crippen LogP contribution in [0.4, 0.5) is 17.3 Å². The maximum atomic E-state index is 10.9. The number of fused-ring (bicyclic) bond motifs is 4. The second-order valence-electron chi connectivity index (χ2n) is 12.4. The summed E-state index contributed by atoms with van der Waals surface area (Å²) in [6.07, 6.45) is 13.5. The Bertz CT molecular complexity index is 3240. The number of rotatable bonds is 4. The Hall–Kier alpha value is -7.01. The number of carboxylic acids is 2. The Balaban J connectivity index is 0.000000180. The first-order chi connectivity index (χ1) is 32.3. The van der Waals surface area contributed by atoms with Crippen LogP contribution in [-0.2, 0) is 25.5 Å². The van der Waals surface area contributed by atoms with Crippen molar-refractivity contribution in [1.29, 1.82) is 0 Å². The number of aliphatic imine (C=N–C) groups is 1. The topological polar surface area (TPSA) is 361 Å². The van der Waals surface area contributed by atoms with Crippen molar-refractivity contribution in [3.63, 3.8) is 0 Å². The van der Waals surface area contributed by atoms with Gasteiger partial charge in [-0.3, -0.25) is 19.4 Å². The molecule has 1 aliphatic rings. The number of esters is 1. The van der Waals surface area contributed by atoms with Crippen LogP contribution in [0.5, 0.6) is 0 Å². The summed E-state index contributed by atoms with van der Waals surface area (Å²) in [5.41, 5.74) is 14.6. The number of nitrogens with one attached hydrogen (secondary N) is 1. The molecule has 8 aromatic rings. The van der Waals surface area contributed by atoms with Crippen molar-refractivity contribution in [2.24, 2.45) is 4.99 Å². The number of aromatic amines is 1. The molecule has 0 aliphatic carbocycles. The number of aromatic carboxylic acids is 2. The molecule has 1 aliphatic heterocycles. The van der Waals surface area contributed by atoms with E-state index in [9.17, 15) is 28.8 Å². The third kappa shape index (κ3) is 17.3. The summed E-state index contributed by atoms with van der Waals surface area (Å²) >= 11 is 16.2. The lowest BCUT2D eigenvalue weighted by Crippen LogP contribution is -2.08. The molecule has 7 N–H and O–H groups in total. The van der Waals surface area contributed by atoms with E-state index in [4.69, 9.17) is 21.7 Å². The van der Waals surface area contributed by atoms with Crippen molar-refractivity contribution < 1.29 is 38.9 Å². The number of ketones is 1. The van der Waals surface area contributed by atoms with E-state index in [1.165, 1.54) is 24.8 Å². The summed E-state index contributed by atoms with van der Waals surface area (Å²) in [7, 11) is 0. The van der Waals surface area contributed by atoms with Crippen LogP contribution < -0.4 is 17.0 Å². The van der Waals surface area contributed by atoms with Gasteiger partial charge in [0.05, 0.1) is 37.1 Å². The molecule has 9 rings (SSSR count). The number of carbonyl (C=O) groups excluding carboxylic acids is 3. The zero-order chi connectivity index (χ0) is 49.9. The molecule has 0 saturated carbocycles. The lowest BCUT2D eigenvalue weighted by atomic mass is 10.1. The van der Waals surface area contributed by atoms with E-state index in [1.807, 2.05) is 6.07 Å². The number of anilines is 2. The van der Waals surface area contributed by atoms with Gasteiger partial charge in [-0.25, -0.2) is 64.2 Å². The Morgan fingerprint density at radius 1 is 0.662 bits per heavy atom. The van der Waals surface area contributed by atoms with Crippen LogP contribution in [0, 0.1) is 0 Å². The smallest absolute Gasteiger partial charge is 0.371 e. The van der Waals surface area contributed by atoms with Crippen LogP contribution in [0.15, 0.2) is 112 Å². The number of nitrogen functional groups attached to an aromatic ring is 2. The molecule has 0 amide bonds. The fourth-order valence-corrected chi connectivity index (χ4v) is 6.28. The Kier molecular flexibility index (Phi) is 20.8. The molecule has 0 fully saturated rings. The van der Waals surface area contributed by atoms with E-state index in [1.54, 1.807) is 62.2 Å². The maximum Gasteiger partial charge on any atom is 0.371 e. The molecule has 0 saturated heterocycles. The van der Waals surface area contributed by atoms with E-state index in [-0.39, 0.29) is 35.6 Å². The molecule has 0 unspecified atom stereocenters. The van der Waals surface area contributed by atoms with Crippen molar-refractivity contribution in [3.05, 3.63) is 130 Å². The number of hydrogen-bond acceptors (Lipinski definition) is 20. The molecule has 0 radical (unpaired) electrons. The molecule has 8 aromatic heterocycles. The van der Waals surface area contributed by atoms with Gasteiger partial charge in [0.25, 0.3) is 5.56 Å². The number of H-pyrrole nitrogens is 1. The van der Waals surface area contributed by atoms with Crippen LogP contribution in [0.2, 0.25) is 0 Å². The highest BCUT2D eigenvalue weighted by atomic mass is 79.9.